The monoisotopic (exact) mass is 224 g/mol. The lowest BCUT2D eigenvalue weighted by molar-refractivity contribution is 0.0597. The standard InChI is InChI=1S/C12H16O4/c1-8(2)16-9-5-6-10(12(13)15-4)11(7-9)14-3/h5-8H,1-4H3. The fraction of sp³-hybridized carbons (Fsp3) is 0.417. The molecule has 0 saturated heterocycles. The number of ether oxygens (including phenoxy) is 3. The van der Waals surface area contributed by atoms with Gasteiger partial charge in [-0.05, 0) is 26.0 Å². The zero-order valence-corrected chi connectivity index (χ0v) is 9.94. The van der Waals surface area contributed by atoms with E-state index in [9.17, 15) is 4.79 Å². The number of esters is 1. The molecule has 0 radical (unpaired) electrons. The summed E-state index contributed by atoms with van der Waals surface area (Å²) >= 11 is 0. The maximum atomic E-state index is 11.4. The summed E-state index contributed by atoms with van der Waals surface area (Å²) in [5, 5.41) is 0. The number of hydrogen-bond donors (Lipinski definition) is 0. The number of benzene rings is 1. The van der Waals surface area contributed by atoms with Crippen molar-refractivity contribution < 1.29 is 19.0 Å². The Morgan fingerprint density at radius 3 is 2.44 bits per heavy atom. The molecule has 1 rings (SSSR count). The van der Waals surface area contributed by atoms with E-state index in [1.165, 1.54) is 14.2 Å². The second kappa shape index (κ2) is 5.39. The van der Waals surface area contributed by atoms with Crippen molar-refractivity contribution in [3.63, 3.8) is 0 Å². The summed E-state index contributed by atoms with van der Waals surface area (Å²) in [6, 6.07) is 5.02. The zero-order valence-electron chi connectivity index (χ0n) is 9.94. The average molecular weight is 224 g/mol. The summed E-state index contributed by atoms with van der Waals surface area (Å²) in [4.78, 5) is 11.4. The van der Waals surface area contributed by atoms with Gasteiger partial charge in [0.1, 0.15) is 17.1 Å². The molecule has 0 bridgehead atoms. The maximum absolute atomic E-state index is 11.4. The second-order valence-corrected chi connectivity index (χ2v) is 3.52. The lowest BCUT2D eigenvalue weighted by atomic mass is 10.2. The Labute approximate surface area is 95.1 Å². The summed E-state index contributed by atoms with van der Waals surface area (Å²) < 4.78 is 15.2. The van der Waals surface area contributed by atoms with Gasteiger partial charge in [-0.2, -0.15) is 0 Å². The normalized spacial score (nSPS) is 10.1. The van der Waals surface area contributed by atoms with Crippen LogP contribution in [-0.4, -0.2) is 26.3 Å². The Morgan fingerprint density at radius 1 is 1.25 bits per heavy atom. The molecule has 0 N–H and O–H groups in total. The van der Waals surface area contributed by atoms with E-state index in [4.69, 9.17) is 9.47 Å². The highest BCUT2D eigenvalue weighted by molar-refractivity contribution is 5.92. The topological polar surface area (TPSA) is 44.8 Å². The first-order valence-corrected chi connectivity index (χ1v) is 5.01. The molecule has 0 atom stereocenters. The van der Waals surface area contributed by atoms with Crippen LogP contribution in [0.4, 0.5) is 0 Å². The van der Waals surface area contributed by atoms with Crippen LogP contribution in [0, 0.1) is 0 Å². The third-order valence-corrected chi connectivity index (χ3v) is 1.95. The molecule has 1 aromatic carbocycles. The summed E-state index contributed by atoms with van der Waals surface area (Å²) in [5.41, 5.74) is 0.390. The van der Waals surface area contributed by atoms with Crippen molar-refractivity contribution in [3.8, 4) is 11.5 Å². The summed E-state index contributed by atoms with van der Waals surface area (Å²) in [5.74, 6) is 0.692. The smallest absolute Gasteiger partial charge is 0.341 e. The molecule has 0 amide bonds. The van der Waals surface area contributed by atoms with Crippen LogP contribution in [0.5, 0.6) is 11.5 Å². The molecule has 88 valence electrons. The van der Waals surface area contributed by atoms with Crippen molar-refractivity contribution in [1.82, 2.24) is 0 Å². The van der Waals surface area contributed by atoms with Crippen molar-refractivity contribution in [1.29, 1.82) is 0 Å². The van der Waals surface area contributed by atoms with Gasteiger partial charge in [0.15, 0.2) is 0 Å². The van der Waals surface area contributed by atoms with Crippen LogP contribution in [0.1, 0.15) is 24.2 Å². The first kappa shape index (κ1) is 12.4. The minimum absolute atomic E-state index is 0.0775. The molecule has 16 heavy (non-hydrogen) atoms. The Balaban J connectivity index is 3.01. The highest BCUT2D eigenvalue weighted by atomic mass is 16.5. The van der Waals surface area contributed by atoms with Gasteiger partial charge in [-0.3, -0.25) is 0 Å². The van der Waals surface area contributed by atoms with Gasteiger partial charge >= 0.3 is 5.97 Å². The lowest BCUT2D eigenvalue weighted by Crippen LogP contribution is -2.07. The fourth-order valence-electron chi connectivity index (χ4n) is 1.30. The molecule has 0 heterocycles. The van der Waals surface area contributed by atoms with Gasteiger partial charge < -0.3 is 14.2 Å². The number of rotatable bonds is 4. The lowest BCUT2D eigenvalue weighted by Gasteiger charge is -2.12. The van der Waals surface area contributed by atoms with Crippen molar-refractivity contribution >= 4 is 5.97 Å². The Bertz CT molecular complexity index is 371. The largest absolute Gasteiger partial charge is 0.496 e. The predicted molar refractivity (Wildman–Crippen MR) is 60.1 cm³/mol. The van der Waals surface area contributed by atoms with Gasteiger partial charge in [0.2, 0.25) is 0 Å². The molecule has 0 aromatic heterocycles. The van der Waals surface area contributed by atoms with E-state index in [1.807, 2.05) is 13.8 Å². The highest BCUT2D eigenvalue weighted by Crippen LogP contribution is 2.25. The number of methoxy groups -OCH3 is 2. The van der Waals surface area contributed by atoms with Gasteiger partial charge in [-0.25, -0.2) is 4.79 Å². The Morgan fingerprint density at radius 2 is 1.94 bits per heavy atom. The Hall–Kier alpha value is -1.71. The predicted octanol–water partition coefficient (Wildman–Crippen LogP) is 2.27. The number of carbonyl (C=O) groups is 1. The van der Waals surface area contributed by atoms with E-state index in [1.54, 1.807) is 18.2 Å². The number of hydrogen-bond acceptors (Lipinski definition) is 4. The van der Waals surface area contributed by atoms with Crippen molar-refractivity contribution in [2.45, 2.75) is 20.0 Å². The maximum Gasteiger partial charge on any atom is 0.341 e. The van der Waals surface area contributed by atoms with E-state index in [2.05, 4.69) is 4.74 Å². The molecule has 0 aliphatic heterocycles. The Kier molecular flexibility index (Phi) is 4.17. The van der Waals surface area contributed by atoms with E-state index in [-0.39, 0.29) is 6.10 Å². The van der Waals surface area contributed by atoms with Crippen LogP contribution in [0.15, 0.2) is 18.2 Å². The van der Waals surface area contributed by atoms with Crippen molar-refractivity contribution in [3.05, 3.63) is 23.8 Å². The molecule has 0 fully saturated rings. The van der Waals surface area contributed by atoms with Crippen LogP contribution >= 0.6 is 0 Å². The fourth-order valence-corrected chi connectivity index (χ4v) is 1.30. The molecule has 4 heteroatoms. The molecule has 0 spiro atoms. The summed E-state index contributed by atoms with van der Waals surface area (Å²) in [6.45, 7) is 3.86. The molecule has 0 unspecified atom stereocenters. The highest BCUT2D eigenvalue weighted by Gasteiger charge is 2.13. The molecular formula is C12H16O4. The van der Waals surface area contributed by atoms with Gasteiger partial charge in [0.25, 0.3) is 0 Å². The van der Waals surface area contributed by atoms with Crippen LogP contribution in [0.25, 0.3) is 0 Å². The zero-order chi connectivity index (χ0) is 12.1. The van der Waals surface area contributed by atoms with E-state index in [0.717, 1.165) is 0 Å². The molecule has 0 saturated carbocycles. The minimum Gasteiger partial charge on any atom is -0.496 e. The van der Waals surface area contributed by atoms with E-state index in [0.29, 0.717) is 17.1 Å². The van der Waals surface area contributed by atoms with Crippen LogP contribution in [0.2, 0.25) is 0 Å². The van der Waals surface area contributed by atoms with Gasteiger partial charge in [-0.1, -0.05) is 0 Å². The third kappa shape index (κ3) is 2.89. The molecule has 0 aliphatic rings. The van der Waals surface area contributed by atoms with Crippen LogP contribution in [0.3, 0.4) is 0 Å². The first-order valence-electron chi connectivity index (χ1n) is 5.01. The molecule has 4 nitrogen and oxygen atoms in total. The molecular weight excluding hydrogens is 208 g/mol. The average Bonchev–Trinajstić information content (AvgIpc) is 2.27. The van der Waals surface area contributed by atoms with Gasteiger partial charge in [0.05, 0.1) is 20.3 Å². The second-order valence-electron chi connectivity index (χ2n) is 3.52. The quantitative estimate of drug-likeness (QED) is 0.736. The molecule has 0 aliphatic carbocycles. The van der Waals surface area contributed by atoms with Crippen molar-refractivity contribution in [2.24, 2.45) is 0 Å². The van der Waals surface area contributed by atoms with E-state index < -0.39 is 5.97 Å². The summed E-state index contributed by atoms with van der Waals surface area (Å²) in [7, 11) is 2.83. The first-order chi connectivity index (χ1) is 7.58. The minimum atomic E-state index is -0.423. The van der Waals surface area contributed by atoms with Gasteiger partial charge in [0, 0.05) is 6.07 Å². The van der Waals surface area contributed by atoms with Gasteiger partial charge in [-0.15, -0.1) is 0 Å². The SMILES string of the molecule is COC(=O)c1ccc(OC(C)C)cc1OC. The third-order valence-electron chi connectivity index (χ3n) is 1.95. The van der Waals surface area contributed by atoms with Crippen LogP contribution in [-0.2, 0) is 4.74 Å². The van der Waals surface area contributed by atoms with E-state index >= 15 is 0 Å². The number of carbonyl (C=O) groups excluding carboxylic acids is 1. The summed E-state index contributed by atoms with van der Waals surface area (Å²) in [6.07, 6.45) is 0.0775. The molecule has 1 aromatic rings. The van der Waals surface area contributed by atoms with Crippen molar-refractivity contribution in [2.75, 3.05) is 14.2 Å². The van der Waals surface area contributed by atoms with Crippen LogP contribution < -0.4 is 9.47 Å².